The summed E-state index contributed by atoms with van der Waals surface area (Å²) in [6.07, 6.45) is 2.90. The lowest BCUT2D eigenvalue weighted by atomic mass is 9.86. The lowest BCUT2D eigenvalue weighted by molar-refractivity contribution is -0.126. The maximum Gasteiger partial charge on any atom is 0.252 e. The molecule has 2 amide bonds. The van der Waals surface area contributed by atoms with Crippen LogP contribution in [0.2, 0.25) is 5.02 Å². The third-order valence-corrected chi connectivity index (χ3v) is 7.34. The predicted molar refractivity (Wildman–Crippen MR) is 149 cm³/mol. The van der Waals surface area contributed by atoms with Gasteiger partial charge >= 0.3 is 0 Å². The Balaban J connectivity index is 1.34. The Hall–Kier alpha value is -3.58. The van der Waals surface area contributed by atoms with Crippen LogP contribution in [-0.4, -0.2) is 22.9 Å². The maximum absolute atomic E-state index is 13.0. The second-order valence-electron chi connectivity index (χ2n) is 9.97. The Bertz CT molecular complexity index is 1360. The first kappa shape index (κ1) is 27.5. The van der Waals surface area contributed by atoms with Gasteiger partial charge in [0.05, 0.1) is 6.10 Å². The number of aromatic amines is 1. The van der Waals surface area contributed by atoms with Crippen molar-refractivity contribution in [2.24, 2.45) is 5.92 Å². The van der Waals surface area contributed by atoms with Gasteiger partial charge in [-0.05, 0) is 64.2 Å². The Labute approximate surface area is 228 Å². The number of benzene rings is 2. The van der Waals surface area contributed by atoms with Gasteiger partial charge in [-0.25, -0.2) is 0 Å². The highest BCUT2D eigenvalue weighted by Crippen LogP contribution is 2.32. The zero-order valence-electron chi connectivity index (χ0n) is 22.0. The molecule has 2 aromatic carbocycles. The third kappa shape index (κ3) is 6.84. The number of rotatable bonds is 8. The minimum absolute atomic E-state index is 0.0336. The van der Waals surface area contributed by atoms with Crippen molar-refractivity contribution in [3.63, 3.8) is 0 Å². The monoisotopic (exact) mass is 535 g/mol. The average Bonchev–Trinajstić information content (AvgIpc) is 2.89. The molecule has 200 valence electrons. The highest BCUT2D eigenvalue weighted by molar-refractivity contribution is 6.31. The summed E-state index contributed by atoms with van der Waals surface area (Å²) in [5.41, 5.74) is 4.07. The quantitative estimate of drug-likeness (QED) is 0.372. The topological polar surface area (TPSA) is 100 Å². The molecule has 0 aliphatic heterocycles. The number of H-pyrrole nitrogens is 1. The van der Waals surface area contributed by atoms with E-state index in [4.69, 9.17) is 16.3 Å². The number of hydrogen-bond donors (Lipinski definition) is 3. The van der Waals surface area contributed by atoms with E-state index in [1.807, 2.05) is 51.1 Å². The highest BCUT2D eigenvalue weighted by atomic mass is 35.5. The summed E-state index contributed by atoms with van der Waals surface area (Å²) < 4.78 is 6.28. The van der Waals surface area contributed by atoms with Gasteiger partial charge in [-0.1, -0.05) is 41.9 Å². The van der Waals surface area contributed by atoms with Crippen molar-refractivity contribution in [1.82, 2.24) is 15.6 Å². The molecular weight excluding hydrogens is 502 g/mol. The SMILES string of the molecule is Cc1cc(=O)c(CNC(=O)c2cc(Cl)cc(OC3CCC(C(=O)NCc4ccccc4)CC3)c2C)c(C)[nH]1. The number of ether oxygens (including phenoxy) is 1. The van der Waals surface area contributed by atoms with Crippen molar-refractivity contribution in [1.29, 1.82) is 0 Å². The fraction of sp³-hybridized carbons (Fsp3) is 0.367. The van der Waals surface area contributed by atoms with Gasteiger partial charge in [0.1, 0.15) is 5.75 Å². The molecule has 4 rings (SSSR count). The van der Waals surface area contributed by atoms with E-state index in [2.05, 4.69) is 15.6 Å². The Morgan fingerprint density at radius 1 is 0.974 bits per heavy atom. The van der Waals surface area contributed by atoms with E-state index in [-0.39, 0.29) is 35.8 Å². The molecule has 0 bridgehead atoms. The van der Waals surface area contributed by atoms with Gasteiger partial charge in [-0.3, -0.25) is 14.4 Å². The van der Waals surface area contributed by atoms with E-state index >= 15 is 0 Å². The largest absolute Gasteiger partial charge is 0.490 e. The number of aryl methyl sites for hydroxylation is 2. The van der Waals surface area contributed by atoms with E-state index in [0.29, 0.717) is 34.0 Å². The molecule has 0 spiro atoms. The van der Waals surface area contributed by atoms with E-state index in [1.165, 1.54) is 6.07 Å². The Morgan fingerprint density at radius 2 is 1.68 bits per heavy atom. The molecule has 1 heterocycles. The fourth-order valence-electron chi connectivity index (χ4n) is 4.92. The normalized spacial score (nSPS) is 17.1. The molecular formula is C30H34ClN3O4. The number of aromatic nitrogens is 1. The van der Waals surface area contributed by atoms with Crippen molar-refractivity contribution >= 4 is 23.4 Å². The molecule has 0 atom stereocenters. The van der Waals surface area contributed by atoms with Gasteiger partial charge in [0, 0.05) is 58.2 Å². The average molecular weight is 536 g/mol. The molecule has 8 heteroatoms. The second-order valence-corrected chi connectivity index (χ2v) is 10.4. The van der Waals surface area contributed by atoms with Crippen molar-refractivity contribution in [2.45, 2.75) is 65.6 Å². The van der Waals surface area contributed by atoms with E-state index in [1.54, 1.807) is 12.1 Å². The summed E-state index contributed by atoms with van der Waals surface area (Å²) in [4.78, 5) is 41.1. The number of nitrogens with one attached hydrogen (secondary N) is 3. The molecule has 7 nitrogen and oxygen atoms in total. The highest BCUT2D eigenvalue weighted by Gasteiger charge is 2.28. The molecule has 38 heavy (non-hydrogen) atoms. The van der Waals surface area contributed by atoms with Crippen molar-refractivity contribution in [2.75, 3.05) is 0 Å². The summed E-state index contributed by atoms with van der Waals surface area (Å²) in [6.45, 7) is 6.10. The first-order valence-electron chi connectivity index (χ1n) is 13.0. The number of carbonyl (C=O) groups excluding carboxylic acids is 2. The van der Waals surface area contributed by atoms with Gasteiger partial charge < -0.3 is 20.4 Å². The molecule has 0 unspecified atom stereocenters. The Kier molecular flexibility index (Phi) is 8.89. The van der Waals surface area contributed by atoms with Crippen LogP contribution in [0.15, 0.2) is 53.3 Å². The summed E-state index contributed by atoms with van der Waals surface area (Å²) >= 11 is 6.35. The number of pyridine rings is 1. The molecule has 1 fully saturated rings. The predicted octanol–water partition coefficient (Wildman–Crippen LogP) is 5.14. The molecule has 3 aromatic rings. The lowest BCUT2D eigenvalue weighted by Crippen LogP contribution is -2.35. The summed E-state index contributed by atoms with van der Waals surface area (Å²) in [7, 11) is 0. The van der Waals surface area contributed by atoms with Crippen LogP contribution >= 0.6 is 11.6 Å². The van der Waals surface area contributed by atoms with Crippen molar-refractivity contribution < 1.29 is 14.3 Å². The Morgan fingerprint density at radius 3 is 2.37 bits per heavy atom. The summed E-state index contributed by atoms with van der Waals surface area (Å²) in [5.74, 6) is 0.276. The lowest BCUT2D eigenvalue weighted by Gasteiger charge is -2.29. The molecule has 1 aliphatic rings. The number of halogens is 1. The molecule has 1 saturated carbocycles. The van der Waals surface area contributed by atoms with Crippen LogP contribution in [0.4, 0.5) is 0 Å². The van der Waals surface area contributed by atoms with Gasteiger partial charge in [0.15, 0.2) is 5.43 Å². The zero-order valence-corrected chi connectivity index (χ0v) is 22.8. The van der Waals surface area contributed by atoms with Gasteiger partial charge in [-0.15, -0.1) is 0 Å². The standard InChI is InChI=1S/C30H34ClN3O4/c1-18-13-27(35)26(20(3)34-18)17-33-30(37)25-14-23(31)15-28(19(25)2)38-24-11-9-22(10-12-24)29(36)32-16-21-7-5-4-6-8-21/h4-8,13-15,22,24H,9-12,16-17H2,1-3H3,(H,32,36)(H,33,37)(H,34,35). The van der Waals surface area contributed by atoms with E-state index in [0.717, 1.165) is 42.6 Å². The van der Waals surface area contributed by atoms with Crippen LogP contribution in [0.1, 0.15) is 64.1 Å². The van der Waals surface area contributed by atoms with Crippen LogP contribution < -0.4 is 20.8 Å². The van der Waals surface area contributed by atoms with Crippen LogP contribution in [0.3, 0.4) is 0 Å². The van der Waals surface area contributed by atoms with E-state index in [9.17, 15) is 14.4 Å². The van der Waals surface area contributed by atoms with Crippen molar-refractivity contribution in [3.05, 3.63) is 97.4 Å². The summed E-state index contributed by atoms with van der Waals surface area (Å²) in [5, 5.41) is 6.28. The van der Waals surface area contributed by atoms with Gasteiger partial charge in [0.2, 0.25) is 5.91 Å². The van der Waals surface area contributed by atoms with Crippen LogP contribution in [-0.2, 0) is 17.9 Å². The smallest absolute Gasteiger partial charge is 0.252 e. The first-order valence-corrected chi connectivity index (χ1v) is 13.3. The molecule has 0 radical (unpaired) electrons. The minimum Gasteiger partial charge on any atom is -0.490 e. The minimum atomic E-state index is -0.326. The summed E-state index contributed by atoms with van der Waals surface area (Å²) in [6, 6.07) is 14.7. The number of hydrogen-bond acceptors (Lipinski definition) is 4. The molecule has 1 aromatic heterocycles. The van der Waals surface area contributed by atoms with Crippen LogP contribution in [0.5, 0.6) is 5.75 Å². The van der Waals surface area contributed by atoms with Crippen molar-refractivity contribution in [3.8, 4) is 5.75 Å². The third-order valence-electron chi connectivity index (χ3n) is 7.13. The van der Waals surface area contributed by atoms with Gasteiger partial charge in [-0.2, -0.15) is 0 Å². The maximum atomic E-state index is 13.0. The molecule has 3 N–H and O–H groups in total. The molecule has 0 saturated heterocycles. The van der Waals surface area contributed by atoms with E-state index < -0.39 is 0 Å². The second kappa shape index (κ2) is 12.3. The fourth-order valence-corrected chi connectivity index (χ4v) is 5.13. The first-order chi connectivity index (χ1) is 18.2. The molecule has 1 aliphatic carbocycles. The zero-order chi connectivity index (χ0) is 27.2. The van der Waals surface area contributed by atoms with Gasteiger partial charge in [0.25, 0.3) is 5.91 Å². The van der Waals surface area contributed by atoms with Crippen LogP contribution in [0.25, 0.3) is 0 Å². The number of amides is 2. The van der Waals surface area contributed by atoms with Crippen LogP contribution in [0, 0.1) is 26.7 Å². The number of carbonyl (C=O) groups is 2.